The molecule has 3 aliphatic rings. The fourth-order valence-electron chi connectivity index (χ4n) is 9.86. The molecule has 17 nitrogen and oxygen atoms in total. The molecule has 2 aromatic heterocycles. The van der Waals surface area contributed by atoms with Crippen LogP contribution in [0.1, 0.15) is 63.4 Å². The number of fused-ring (bicyclic) bond motifs is 1. The van der Waals surface area contributed by atoms with Crippen LogP contribution in [-0.2, 0) is 38.2 Å². The van der Waals surface area contributed by atoms with Gasteiger partial charge >= 0.3 is 0 Å². The first-order valence-corrected chi connectivity index (χ1v) is 27.4. The maximum atomic E-state index is 13.7. The molecule has 5 aromatic rings. The summed E-state index contributed by atoms with van der Waals surface area (Å²) < 4.78 is 26.5. The molecular formula is C50H63BrN11O6P. The minimum atomic E-state index is -2.79. The Morgan fingerprint density at radius 3 is 2.38 bits per heavy atom. The van der Waals surface area contributed by atoms with Crippen molar-refractivity contribution in [3.05, 3.63) is 76.3 Å². The van der Waals surface area contributed by atoms with E-state index in [2.05, 4.69) is 80.6 Å². The number of piperazine rings is 1. The van der Waals surface area contributed by atoms with E-state index in [1.54, 1.807) is 38.9 Å². The zero-order valence-corrected chi connectivity index (χ0v) is 42.9. The standard InChI is InChI=1S/C50H63BrN11O6P/c1-7-32-27-39(56-50-53-30-36(51)48(58-50)55-38-14-13-37-35(47(38)69(5,6)66)29-52-44(8-2)54-37)43(68-9-3)28-42(32)61-21-18-34(19-22-61)60-25-23-59(24-26-60)20-17-33-11-10-12-40(46(33)67-4)62(31-63)41-15-16-45(64)57-49(41)65/h10-14,27-31,34,41H,7-9,15-26H2,1-6H3,(H,57,64,65)(H2,53,55,56,58). The van der Waals surface area contributed by atoms with Gasteiger partial charge in [0.15, 0.2) is 0 Å². The minimum Gasteiger partial charge on any atom is -0.494 e. The van der Waals surface area contributed by atoms with E-state index in [0.29, 0.717) is 64.1 Å². The van der Waals surface area contributed by atoms with Gasteiger partial charge in [-0.25, -0.2) is 15.0 Å². The number of aryl methyl sites for hydroxylation is 2. The molecule has 0 bridgehead atoms. The van der Waals surface area contributed by atoms with Gasteiger partial charge in [0.05, 0.1) is 40.8 Å². The van der Waals surface area contributed by atoms with Crippen molar-refractivity contribution in [3.8, 4) is 11.5 Å². The predicted octanol–water partition coefficient (Wildman–Crippen LogP) is 7.05. The summed E-state index contributed by atoms with van der Waals surface area (Å²) in [6.07, 6.45) is 8.97. The van der Waals surface area contributed by atoms with Crippen LogP contribution in [0, 0.1) is 0 Å². The van der Waals surface area contributed by atoms with E-state index in [-0.39, 0.29) is 18.7 Å². The largest absolute Gasteiger partial charge is 0.494 e. The van der Waals surface area contributed by atoms with Crippen molar-refractivity contribution in [1.82, 2.24) is 35.1 Å². The lowest BCUT2D eigenvalue weighted by Crippen LogP contribution is -2.53. The van der Waals surface area contributed by atoms with Gasteiger partial charge in [-0.1, -0.05) is 26.0 Å². The molecule has 0 aliphatic carbocycles. The Labute approximate surface area is 412 Å². The second-order valence-electron chi connectivity index (χ2n) is 18.1. The number of hydrogen-bond acceptors (Lipinski definition) is 15. The average molecular weight is 1030 g/mol. The number of nitrogens with one attached hydrogen (secondary N) is 3. The minimum absolute atomic E-state index is 0.180. The third-order valence-electron chi connectivity index (χ3n) is 13.4. The second kappa shape index (κ2) is 22.0. The number of rotatable bonds is 18. The molecule has 1 atom stereocenters. The number of hydrogen-bond donors (Lipinski definition) is 3. The van der Waals surface area contributed by atoms with Gasteiger partial charge in [-0.3, -0.25) is 29.5 Å². The number of imide groups is 1. The van der Waals surface area contributed by atoms with Crippen LogP contribution in [0.5, 0.6) is 11.5 Å². The summed E-state index contributed by atoms with van der Waals surface area (Å²) in [5.74, 6) is 2.14. The van der Waals surface area contributed by atoms with Crippen LogP contribution in [0.3, 0.4) is 0 Å². The third kappa shape index (κ3) is 11.2. The molecule has 3 saturated heterocycles. The number of halogens is 1. The number of carbonyl (C=O) groups excluding carboxylic acids is 3. The Balaban J connectivity index is 0.889. The Hall–Kier alpha value is -5.68. The highest BCUT2D eigenvalue weighted by molar-refractivity contribution is 9.10. The first-order valence-electron chi connectivity index (χ1n) is 24.0. The number of piperidine rings is 2. The number of methoxy groups -OCH3 is 1. The van der Waals surface area contributed by atoms with E-state index in [0.717, 1.165) is 105 Å². The SMILES string of the molecule is CCOc1cc(N2CCC(N3CCN(CCc4cccc(N(C=O)C5CCC(=O)NC5=O)c4OC)CC3)CC2)c(CC)cc1Nc1ncc(Br)c(Nc2ccc3nc(CC)ncc3c2P(C)(C)=O)n1. The van der Waals surface area contributed by atoms with E-state index in [4.69, 9.17) is 14.5 Å². The van der Waals surface area contributed by atoms with Gasteiger partial charge in [0.2, 0.25) is 24.2 Å². The van der Waals surface area contributed by atoms with Gasteiger partial charge in [-0.2, -0.15) is 4.98 Å². The summed E-state index contributed by atoms with van der Waals surface area (Å²) in [4.78, 5) is 64.4. The van der Waals surface area contributed by atoms with Crippen molar-refractivity contribution in [2.75, 3.05) is 93.3 Å². The molecule has 8 rings (SSSR count). The van der Waals surface area contributed by atoms with Crippen LogP contribution in [0.2, 0.25) is 0 Å². The molecule has 0 spiro atoms. The molecule has 3 aromatic carbocycles. The van der Waals surface area contributed by atoms with E-state index in [1.807, 2.05) is 38.1 Å². The summed E-state index contributed by atoms with van der Waals surface area (Å²) in [5.41, 5.74) is 6.09. The van der Waals surface area contributed by atoms with Gasteiger partial charge in [0.1, 0.15) is 36.3 Å². The number of amides is 3. The zero-order valence-electron chi connectivity index (χ0n) is 40.4. The fraction of sp³-hybridized carbons (Fsp3) is 0.460. The number of nitrogens with zero attached hydrogens (tertiary/aromatic N) is 8. The average Bonchev–Trinajstić information content (AvgIpc) is 3.35. The third-order valence-corrected chi connectivity index (χ3v) is 15.5. The lowest BCUT2D eigenvalue weighted by Gasteiger charge is -2.43. The van der Waals surface area contributed by atoms with Crippen molar-refractivity contribution < 1.29 is 28.4 Å². The highest BCUT2D eigenvalue weighted by Gasteiger charge is 2.34. The molecule has 1 unspecified atom stereocenters. The summed E-state index contributed by atoms with van der Waals surface area (Å²) in [5, 5.41) is 10.7. The van der Waals surface area contributed by atoms with Crippen LogP contribution in [0.25, 0.3) is 10.9 Å². The topological polar surface area (TPSA) is 187 Å². The summed E-state index contributed by atoms with van der Waals surface area (Å²) in [6.45, 7) is 16.8. The molecule has 3 fully saturated rings. The number of benzene rings is 3. The highest BCUT2D eigenvalue weighted by Crippen LogP contribution is 2.43. The van der Waals surface area contributed by atoms with Crippen LogP contribution in [0.15, 0.2) is 59.3 Å². The zero-order chi connectivity index (χ0) is 48.8. The number of para-hydroxylation sites is 1. The molecule has 69 heavy (non-hydrogen) atoms. The summed E-state index contributed by atoms with van der Waals surface area (Å²) >= 11 is 3.63. The lowest BCUT2D eigenvalue weighted by molar-refractivity contribution is -0.134. The highest BCUT2D eigenvalue weighted by atomic mass is 79.9. The number of aromatic nitrogens is 4. The second-order valence-corrected chi connectivity index (χ2v) is 22.1. The molecule has 3 N–H and O–H groups in total. The summed E-state index contributed by atoms with van der Waals surface area (Å²) in [7, 11) is -1.20. The molecule has 3 amide bonds. The van der Waals surface area contributed by atoms with Crippen molar-refractivity contribution in [2.45, 2.75) is 77.8 Å². The Kier molecular flexibility index (Phi) is 15.8. The lowest BCUT2D eigenvalue weighted by atomic mass is 9.99. The predicted molar refractivity (Wildman–Crippen MR) is 276 cm³/mol. The first kappa shape index (κ1) is 49.7. The van der Waals surface area contributed by atoms with Crippen molar-refractivity contribution in [1.29, 1.82) is 0 Å². The summed E-state index contributed by atoms with van der Waals surface area (Å²) in [6, 6.07) is 13.6. The quantitative estimate of drug-likeness (QED) is 0.0460. The van der Waals surface area contributed by atoms with Gasteiger partial charge < -0.3 is 34.5 Å². The monoisotopic (exact) mass is 1020 g/mol. The maximum Gasteiger partial charge on any atom is 0.249 e. The van der Waals surface area contributed by atoms with Gasteiger partial charge in [0.25, 0.3) is 0 Å². The number of anilines is 6. The van der Waals surface area contributed by atoms with E-state index < -0.39 is 19.1 Å². The molecular weight excluding hydrogens is 961 g/mol. The Bertz CT molecular complexity index is 2740. The molecule has 0 saturated carbocycles. The normalized spacial score (nSPS) is 17.4. The maximum absolute atomic E-state index is 13.7. The van der Waals surface area contributed by atoms with Crippen molar-refractivity contribution in [3.63, 3.8) is 0 Å². The molecule has 3 aliphatic heterocycles. The molecule has 19 heteroatoms. The van der Waals surface area contributed by atoms with E-state index in [9.17, 15) is 18.9 Å². The van der Waals surface area contributed by atoms with E-state index >= 15 is 0 Å². The van der Waals surface area contributed by atoms with Crippen LogP contribution in [-0.4, -0.2) is 133 Å². The van der Waals surface area contributed by atoms with Gasteiger partial charge in [-0.05, 0) is 104 Å². The van der Waals surface area contributed by atoms with Gasteiger partial charge in [-0.15, -0.1) is 0 Å². The van der Waals surface area contributed by atoms with Gasteiger partial charge in [0, 0.05) is 99.5 Å². The first-order chi connectivity index (χ1) is 33.3. The molecule has 366 valence electrons. The number of ether oxygens (including phenoxy) is 2. The van der Waals surface area contributed by atoms with Crippen LogP contribution in [0.4, 0.5) is 34.5 Å². The van der Waals surface area contributed by atoms with Crippen LogP contribution < -0.4 is 40.5 Å². The smallest absolute Gasteiger partial charge is 0.249 e. The van der Waals surface area contributed by atoms with Crippen LogP contribution >= 0.6 is 23.1 Å². The number of carbonyl (C=O) groups is 3. The Morgan fingerprint density at radius 2 is 1.70 bits per heavy atom. The molecule has 5 heterocycles. The van der Waals surface area contributed by atoms with Crippen molar-refractivity contribution in [2.24, 2.45) is 0 Å². The molecule has 0 radical (unpaired) electrons. The van der Waals surface area contributed by atoms with Crippen molar-refractivity contribution >= 4 is 92.0 Å². The van der Waals surface area contributed by atoms with E-state index in [1.165, 1.54) is 16.2 Å². The fourth-order valence-corrected chi connectivity index (χ4v) is 11.6. The Morgan fingerprint density at radius 1 is 0.913 bits per heavy atom.